The third-order valence-electron chi connectivity index (χ3n) is 6.31. The van der Waals surface area contributed by atoms with E-state index in [-0.39, 0.29) is 16.6 Å². The highest BCUT2D eigenvalue weighted by Gasteiger charge is 2.28. The summed E-state index contributed by atoms with van der Waals surface area (Å²) in [5.41, 5.74) is 1.81. The van der Waals surface area contributed by atoms with Crippen LogP contribution in [0.5, 0.6) is 0 Å². The Morgan fingerprint density at radius 2 is 1.50 bits per heavy atom. The molecule has 36 heavy (non-hydrogen) atoms. The van der Waals surface area contributed by atoms with Gasteiger partial charge in [-0.2, -0.15) is 4.31 Å². The van der Waals surface area contributed by atoms with E-state index in [1.807, 2.05) is 30.3 Å². The van der Waals surface area contributed by atoms with Crippen molar-refractivity contribution in [2.75, 3.05) is 39.3 Å². The summed E-state index contributed by atoms with van der Waals surface area (Å²) < 4.78 is 41.7. The summed E-state index contributed by atoms with van der Waals surface area (Å²) in [6.45, 7) is 3.50. The van der Waals surface area contributed by atoms with Gasteiger partial charge in [0, 0.05) is 50.3 Å². The molecule has 3 aromatic carbocycles. The molecule has 1 amide bonds. The first-order valence-corrected chi connectivity index (χ1v) is 14.1. The van der Waals surface area contributed by atoms with Crippen molar-refractivity contribution in [3.63, 3.8) is 0 Å². The Balaban J connectivity index is 1.36. The zero-order chi connectivity index (χ0) is 25.5. The van der Waals surface area contributed by atoms with Crippen LogP contribution in [0.1, 0.15) is 11.1 Å². The molecule has 0 spiro atoms. The Morgan fingerprint density at radius 3 is 2.14 bits per heavy atom. The van der Waals surface area contributed by atoms with Crippen LogP contribution < -0.4 is 0 Å². The molecular formula is C27H29BrFN3O3S. The van der Waals surface area contributed by atoms with Gasteiger partial charge in [-0.1, -0.05) is 58.4 Å². The highest BCUT2D eigenvalue weighted by Crippen LogP contribution is 2.20. The number of hydrogen-bond donors (Lipinski definition) is 0. The maximum absolute atomic E-state index is 13.4. The van der Waals surface area contributed by atoms with Gasteiger partial charge in [0.2, 0.25) is 15.9 Å². The van der Waals surface area contributed by atoms with Crippen LogP contribution in [0, 0.1) is 5.82 Å². The first kappa shape index (κ1) is 26.5. The van der Waals surface area contributed by atoms with Crippen LogP contribution in [0.3, 0.4) is 0 Å². The van der Waals surface area contributed by atoms with Crippen LogP contribution >= 0.6 is 15.9 Å². The Hall–Kier alpha value is -2.59. The summed E-state index contributed by atoms with van der Waals surface area (Å²) in [5.74, 6) is -0.307. The van der Waals surface area contributed by atoms with Gasteiger partial charge in [0.15, 0.2) is 0 Å². The minimum Gasteiger partial charge on any atom is -0.337 e. The van der Waals surface area contributed by atoms with Crippen molar-refractivity contribution in [2.45, 2.75) is 17.9 Å². The molecule has 6 nitrogen and oxygen atoms in total. The predicted molar refractivity (Wildman–Crippen MR) is 141 cm³/mol. The maximum atomic E-state index is 13.4. The number of nitrogens with zero attached hydrogens (tertiary/aromatic N) is 3. The molecule has 1 heterocycles. The lowest BCUT2D eigenvalue weighted by Crippen LogP contribution is -2.50. The normalized spacial score (nSPS) is 15.1. The fourth-order valence-electron chi connectivity index (χ4n) is 4.20. The predicted octanol–water partition coefficient (Wildman–Crippen LogP) is 4.17. The van der Waals surface area contributed by atoms with E-state index in [1.54, 1.807) is 41.3 Å². The average molecular weight is 575 g/mol. The zero-order valence-corrected chi connectivity index (χ0v) is 22.3. The van der Waals surface area contributed by atoms with Gasteiger partial charge in [-0.15, -0.1) is 0 Å². The van der Waals surface area contributed by atoms with Crippen molar-refractivity contribution in [1.29, 1.82) is 0 Å². The van der Waals surface area contributed by atoms with E-state index in [0.717, 1.165) is 15.6 Å². The number of hydrogen-bond acceptors (Lipinski definition) is 4. The van der Waals surface area contributed by atoms with Crippen molar-refractivity contribution < 1.29 is 17.6 Å². The van der Waals surface area contributed by atoms with Gasteiger partial charge in [0.05, 0.1) is 11.3 Å². The average Bonchev–Trinajstić information content (AvgIpc) is 2.88. The van der Waals surface area contributed by atoms with E-state index in [2.05, 4.69) is 20.8 Å². The third kappa shape index (κ3) is 7.00. The topological polar surface area (TPSA) is 60.9 Å². The second-order valence-corrected chi connectivity index (χ2v) is 11.7. The number of benzene rings is 3. The zero-order valence-electron chi connectivity index (χ0n) is 19.9. The van der Waals surface area contributed by atoms with E-state index >= 15 is 0 Å². The number of piperazine rings is 1. The molecule has 1 fully saturated rings. The van der Waals surface area contributed by atoms with Gasteiger partial charge in [0.1, 0.15) is 5.82 Å². The summed E-state index contributed by atoms with van der Waals surface area (Å²) in [6.07, 6.45) is 0.293. The molecule has 9 heteroatoms. The molecule has 1 saturated heterocycles. The fraction of sp³-hybridized carbons (Fsp3) is 0.296. The summed E-state index contributed by atoms with van der Waals surface area (Å²) in [5, 5.41) is 0. The summed E-state index contributed by atoms with van der Waals surface area (Å²) in [4.78, 5) is 17.4. The second kappa shape index (κ2) is 12.1. The molecule has 0 bridgehead atoms. The second-order valence-electron chi connectivity index (χ2n) is 8.80. The lowest BCUT2D eigenvalue weighted by atomic mass is 10.1. The number of sulfonamides is 1. The van der Waals surface area contributed by atoms with Crippen molar-refractivity contribution in [2.24, 2.45) is 0 Å². The van der Waals surface area contributed by atoms with Crippen molar-refractivity contribution in [1.82, 2.24) is 14.1 Å². The van der Waals surface area contributed by atoms with Gasteiger partial charge in [-0.25, -0.2) is 12.8 Å². The molecule has 190 valence electrons. The van der Waals surface area contributed by atoms with Crippen molar-refractivity contribution in [3.05, 3.63) is 100 Å². The van der Waals surface area contributed by atoms with E-state index in [1.165, 1.54) is 16.4 Å². The molecule has 1 aliphatic rings. The molecule has 1 aliphatic heterocycles. The van der Waals surface area contributed by atoms with Crippen LogP contribution in [0.25, 0.3) is 0 Å². The smallest absolute Gasteiger partial charge is 0.243 e. The highest BCUT2D eigenvalue weighted by molar-refractivity contribution is 9.10. The Labute approximate surface area is 220 Å². The number of carbonyl (C=O) groups is 1. The molecule has 0 saturated carbocycles. The standard InChI is InChI=1S/C27H29BrFN3O3S/c28-24-8-12-26(13-9-24)36(34,35)32-18-15-30(16-19-32)14-17-31(21-23-6-10-25(29)11-7-23)27(33)20-22-4-2-1-3-5-22/h1-13H,14-21H2. The molecule has 0 atom stereocenters. The van der Waals surface area contributed by atoms with E-state index in [4.69, 9.17) is 0 Å². The van der Waals surface area contributed by atoms with Crippen LogP contribution in [0.4, 0.5) is 4.39 Å². The van der Waals surface area contributed by atoms with Crippen LogP contribution in [0.15, 0.2) is 88.2 Å². The lowest BCUT2D eigenvalue weighted by molar-refractivity contribution is -0.131. The summed E-state index contributed by atoms with van der Waals surface area (Å²) in [7, 11) is -3.54. The minimum absolute atomic E-state index is 0.00183. The summed E-state index contributed by atoms with van der Waals surface area (Å²) in [6, 6.07) is 22.5. The van der Waals surface area contributed by atoms with E-state index < -0.39 is 10.0 Å². The maximum Gasteiger partial charge on any atom is 0.243 e. The van der Waals surface area contributed by atoms with Crippen molar-refractivity contribution >= 4 is 31.9 Å². The molecule has 0 aliphatic carbocycles. The molecule has 0 aromatic heterocycles. The number of carbonyl (C=O) groups excluding carboxylic acids is 1. The first-order chi connectivity index (χ1) is 17.3. The number of amides is 1. The first-order valence-electron chi connectivity index (χ1n) is 11.9. The monoisotopic (exact) mass is 573 g/mol. The number of halogens is 2. The van der Waals surface area contributed by atoms with Crippen LogP contribution in [0.2, 0.25) is 0 Å². The largest absolute Gasteiger partial charge is 0.337 e. The van der Waals surface area contributed by atoms with Gasteiger partial charge < -0.3 is 4.90 Å². The van der Waals surface area contributed by atoms with Gasteiger partial charge in [-0.05, 0) is 47.5 Å². The van der Waals surface area contributed by atoms with E-state index in [9.17, 15) is 17.6 Å². The van der Waals surface area contributed by atoms with Gasteiger partial charge in [0.25, 0.3) is 0 Å². The minimum atomic E-state index is -3.54. The lowest BCUT2D eigenvalue weighted by Gasteiger charge is -2.35. The SMILES string of the molecule is O=C(Cc1ccccc1)N(CCN1CCN(S(=O)(=O)c2ccc(Br)cc2)CC1)Cc1ccc(F)cc1. The fourth-order valence-corrected chi connectivity index (χ4v) is 5.88. The van der Waals surface area contributed by atoms with Crippen molar-refractivity contribution in [3.8, 4) is 0 Å². The molecule has 0 unspecified atom stereocenters. The molecule has 3 aromatic rings. The van der Waals surface area contributed by atoms with Crippen LogP contribution in [-0.4, -0.2) is 67.7 Å². The van der Waals surface area contributed by atoms with E-state index in [0.29, 0.717) is 52.2 Å². The highest BCUT2D eigenvalue weighted by atomic mass is 79.9. The number of rotatable bonds is 9. The third-order valence-corrected chi connectivity index (χ3v) is 8.75. The quantitative estimate of drug-likeness (QED) is 0.385. The Morgan fingerprint density at radius 1 is 0.861 bits per heavy atom. The van der Waals surface area contributed by atoms with Gasteiger partial charge in [-0.3, -0.25) is 9.69 Å². The summed E-state index contributed by atoms with van der Waals surface area (Å²) >= 11 is 3.34. The molecule has 0 N–H and O–H groups in total. The Kier molecular flexibility index (Phi) is 8.90. The van der Waals surface area contributed by atoms with Gasteiger partial charge >= 0.3 is 0 Å². The molecule has 0 radical (unpaired) electrons. The van der Waals surface area contributed by atoms with Crippen LogP contribution in [-0.2, 0) is 27.8 Å². The molecule has 4 rings (SSSR count). The molecular weight excluding hydrogens is 545 g/mol. The Bertz CT molecular complexity index is 1250.